The van der Waals surface area contributed by atoms with Gasteiger partial charge in [-0.2, -0.15) is 0 Å². The molecular weight excluding hydrogens is 308 g/mol. The van der Waals surface area contributed by atoms with Crippen LogP contribution in [-0.2, 0) is 10.0 Å². The van der Waals surface area contributed by atoms with Crippen molar-refractivity contribution in [3.8, 4) is 0 Å². The molecule has 2 unspecified atom stereocenters. The molecule has 122 valence electrons. The molecule has 2 rings (SSSR count). The molecule has 1 aromatic rings. The van der Waals surface area contributed by atoms with Crippen LogP contribution < -0.4 is 10.6 Å². The predicted octanol–water partition coefficient (Wildman–Crippen LogP) is 0.628. The second-order valence-electron chi connectivity index (χ2n) is 5.74. The smallest absolute Gasteiger partial charge is 0.293 e. The van der Waals surface area contributed by atoms with E-state index in [-0.39, 0.29) is 22.5 Å². The summed E-state index contributed by atoms with van der Waals surface area (Å²) in [5, 5.41) is 11.3. The first-order valence-electron chi connectivity index (χ1n) is 6.86. The standard InChI is InChI=1S/C13H20N4O4S/c1-9-7-16(8-11(9)14)12-5-4-10(6-13(12)17(18)19)22(20,21)15(2)3/h4-6,9,11H,7-8,14H2,1-3H3. The predicted molar refractivity (Wildman–Crippen MR) is 83.3 cm³/mol. The Hall–Kier alpha value is -1.71. The second kappa shape index (κ2) is 5.82. The van der Waals surface area contributed by atoms with Gasteiger partial charge in [0.25, 0.3) is 5.69 Å². The fourth-order valence-corrected chi connectivity index (χ4v) is 3.40. The largest absolute Gasteiger partial charge is 0.364 e. The quantitative estimate of drug-likeness (QED) is 0.641. The van der Waals surface area contributed by atoms with Crippen LogP contribution in [0.15, 0.2) is 23.1 Å². The Morgan fingerprint density at radius 3 is 2.45 bits per heavy atom. The zero-order valence-corrected chi connectivity index (χ0v) is 13.6. The lowest BCUT2D eigenvalue weighted by Gasteiger charge is -2.19. The molecular formula is C13H20N4O4S. The molecule has 2 atom stereocenters. The molecule has 1 heterocycles. The van der Waals surface area contributed by atoms with E-state index in [0.717, 1.165) is 10.4 Å². The van der Waals surface area contributed by atoms with Gasteiger partial charge in [-0.15, -0.1) is 0 Å². The Kier molecular flexibility index (Phi) is 4.41. The van der Waals surface area contributed by atoms with Crippen molar-refractivity contribution in [3.63, 3.8) is 0 Å². The van der Waals surface area contributed by atoms with Crippen LogP contribution >= 0.6 is 0 Å². The third-order valence-corrected chi connectivity index (χ3v) is 5.74. The van der Waals surface area contributed by atoms with Gasteiger partial charge in [0, 0.05) is 39.3 Å². The molecule has 8 nitrogen and oxygen atoms in total. The summed E-state index contributed by atoms with van der Waals surface area (Å²) in [5.41, 5.74) is 6.14. The molecule has 0 bridgehead atoms. The van der Waals surface area contributed by atoms with Crippen molar-refractivity contribution in [2.24, 2.45) is 11.7 Å². The lowest BCUT2D eigenvalue weighted by Crippen LogP contribution is -2.28. The van der Waals surface area contributed by atoms with Crippen molar-refractivity contribution < 1.29 is 13.3 Å². The molecule has 1 fully saturated rings. The van der Waals surface area contributed by atoms with Crippen LogP contribution in [0, 0.1) is 16.0 Å². The maximum atomic E-state index is 12.1. The van der Waals surface area contributed by atoms with E-state index in [0.29, 0.717) is 18.8 Å². The van der Waals surface area contributed by atoms with Gasteiger partial charge in [0.05, 0.1) is 9.82 Å². The van der Waals surface area contributed by atoms with Crippen LogP contribution in [0.5, 0.6) is 0 Å². The average molecular weight is 328 g/mol. The van der Waals surface area contributed by atoms with E-state index in [1.807, 2.05) is 11.8 Å². The summed E-state index contributed by atoms with van der Waals surface area (Å²) < 4.78 is 25.3. The maximum absolute atomic E-state index is 12.1. The van der Waals surface area contributed by atoms with Gasteiger partial charge in [-0.3, -0.25) is 10.1 Å². The molecule has 0 aromatic heterocycles. The molecule has 0 amide bonds. The minimum atomic E-state index is -3.71. The summed E-state index contributed by atoms with van der Waals surface area (Å²) >= 11 is 0. The zero-order chi connectivity index (χ0) is 16.7. The molecule has 1 saturated heterocycles. The normalized spacial score (nSPS) is 22.3. The number of anilines is 1. The van der Waals surface area contributed by atoms with Gasteiger partial charge in [0.15, 0.2) is 0 Å². The van der Waals surface area contributed by atoms with E-state index in [4.69, 9.17) is 5.73 Å². The number of sulfonamides is 1. The molecule has 0 saturated carbocycles. The van der Waals surface area contributed by atoms with Crippen molar-refractivity contribution >= 4 is 21.4 Å². The van der Waals surface area contributed by atoms with Gasteiger partial charge in [0.1, 0.15) is 5.69 Å². The molecule has 1 aliphatic heterocycles. The molecule has 1 aromatic carbocycles. The minimum Gasteiger partial charge on any atom is -0.364 e. The Bertz CT molecular complexity index is 679. The first-order valence-corrected chi connectivity index (χ1v) is 8.30. The monoisotopic (exact) mass is 328 g/mol. The topological polar surface area (TPSA) is 110 Å². The fourth-order valence-electron chi connectivity index (χ4n) is 2.48. The first-order chi connectivity index (χ1) is 10.1. The number of hydrogen-bond acceptors (Lipinski definition) is 6. The first kappa shape index (κ1) is 16.7. The van der Waals surface area contributed by atoms with E-state index in [1.165, 1.54) is 26.2 Å². The Balaban J connectivity index is 2.48. The molecule has 0 aliphatic carbocycles. The van der Waals surface area contributed by atoms with E-state index in [1.54, 1.807) is 0 Å². The third-order valence-electron chi connectivity index (χ3n) is 3.93. The van der Waals surface area contributed by atoms with Crippen molar-refractivity contribution in [2.75, 3.05) is 32.1 Å². The Morgan fingerprint density at radius 2 is 2.00 bits per heavy atom. The van der Waals surface area contributed by atoms with Gasteiger partial charge in [-0.05, 0) is 18.1 Å². The second-order valence-corrected chi connectivity index (χ2v) is 7.89. The summed E-state index contributed by atoms with van der Waals surface area (Å²) in [6.07, 6.45) is 0. The SMILES string of the molecule is CC1CN(c2ccc(S(=O)(=O)N(C)C)cc2[N+](=O)[O-])CC1N. The Labute approximate surface area is 129 Å². The van der Waals surface area contributed by atoms with Gasteiger partial charge in [-0.1, -0.05) is 6.92 Å². The summed E-state index contributed by atoms with van der Waals surface area (Å²) in [7, 11) is -0.939. The van der Waals surface area contributed by atoms with Crippen LogP contribution in [0.25, 0.3) is 0 Å². The molecule has 0 spiro atoms. The maximum Gasteiger partial charge on any atom is 0.293 e. The molecule has 0 radical (unpaired) electrons. The van der Waals surface area contributed by atoms with Crippen molar-refractivity contribution in [3.05, 3.63) is 28.3 Å². The lowest BCUT2D eigenvalue weighted by atomic mass is 10.1. The molecule has 1 aliphatic rings. The number of nitro groups is 1. The van der Waals surface area contributed by atoms with Gasteiger partial charge in [-0.25, -0.2) is 12.7 Å². The zero-order valence-electron chi connectivity index (χ0n) is 12.8. The van der Waals surface area contributed by atoms with Crippen LogP contribution in [-0.4, -0.2) is 50.9 Å². The number of benzene rings is 1. The highest BCUT2D eigenvalue weighted by atomic mass is 32.2. The van der Waals surface area contributed by atoms with Crippen LogP contribution in [0.4, 0.5) is 11.4 Å². The average Bonchev–Trinajstić information content (AvgIpc) is 2.77. The number of nitrogens with zero attached hydrogens (tertiary/aromatic N) is 3. The number of rotatable bonds is 4. The summed E-state index contributed by atoms with van der Waals surface area (Å²) in [5.74, 6) is 0.227. The fraction of sp³-hybridized carbons (Fsp3) is 0.538. The van der Waals surface area contributed by atoms with Crippen LogP contribution in [0.2, 0.25) is 0 Å². The van der Waals surface area contributed by atoms with Crippen LogP contribution in [0.1, 0.15) is 6.92 Å². The minimum absolute atomic E-state index is 0.0511. The number of nitrogens with two attached hydrogens (primary N) is 1. The van der Waals surface area contributed by atoms with E-state index in [2.05, 4.69) is 0 Å². The number of nitro benzene ring substituents is 1. The van der Waals surface area contributed by atoms with Gasteiger partial charge < -0.3 is 10.6 Å². The Morgan fingerprint density at radius 1 is 1.36 bits per heavy atom. The van der Waals surface area contributed by atoms with Crippen molar-refractivity contribution in [2.45, 2.75) is 17.9 Å². The van der Waals surface area contributed by atoms with Gasteiger partial charge in [0.2, 0.25) is 10.0 Å². The van der Waals surface area contributed by atoms with Crippen LogP contribution in [0.3, 0.4) is 0 Å². The van der Waals surface area contributed by atoms with E-state index < -0.39 is 14.9 Å². The summed E-state index contributed by atoms with van der Waals surface area (Å²) in [6.45, 7) is 3.12. The molecule has 2 N–H and O–H groups in total. The third kappa shape index (κ3) is 2.92. The number of hydrogen-bond donors (Lipinski definition) is 1. The summed E-state index contributed by atoms with van der Waals surface area (Å²) in [6, 6.07) is 3.94. The lowest BCUT2D eigenvalue weighted by molar-refractivity contribution is -0.384. The molecule has 9 heteroatoms. The van der Waals surface area contributed by atoms with Gasteiger partial charge >= 0.3 is 0 Å². The highest BCUT2D eigenvalue weighted by Gasteiger charge is 2.32. The highest BCUT2D eigenvalue weighted by Crippen LogP contribution is 2.34. The molecule has 22 heavy (non-hydrogen) atoms. The van der Waals surface area contributed by atoms with E-state index >= 15 is 0 Å². The van der Waals surface area contributed by atoms with Crippen molar-refractivity contribution in [1.29, 1.82) is 0 Å². The van der Waals surface area contributed by atoms with Crippen molar-refractivity contribution in [1.82, 2.24) is 4.31 Å². The highest BCUT2D eigenvalue weighted by molar-refractivity contribution is 7.89. The van der Waals surface area contributed by atoms with E-state index in [9.17, 15) is 18.5 Å². The summed E-state index contributed by atoms with van der Waals surface area (Å²) in [4.78, 5) is 12.5.